The van der Waals surface area contributed by atoms with Gasteiger partial charge in [0, 0.05) is 0 Å². The van der Waals surface area contributed by atoms with Crippen molar-refractivity contribution in [1.29, 1.82) is 0 Å². The van der Waals surface area contributed by atoms with E-state index in [1.54, 1.807) is 18.2 Å². The van der Waals surface area contributed by atoms with Crippen molar-refractivity contribution in [3.05, 3.63) is 30.3 Å². The van der Waals surface area contributed by atoms with Crippen LogP contribution in [0.5, 0.6) is 5.75 Å². The molecule has 8 heteroatoms. The van der Waals surface area contributed by atoms with Gasteiger partial charge in [0.2, 0.25) is 0 Å². The highest BCUT2D eigenvalue weighted by molar-refractivity contribution is 7.46. The Kier molecular flexibility index (Phi) is 5.40. The average molecular weight is 236 g/mol. The molecule has 0 atom stereocenters. The number of carbonyl (C=O) groups is 1. The molecule has 0 aliphatic heterocycles. The van der Waals surface area contributed by atoms with Gasteiger partial charge in [-0.1, -0.05) is 18.2 Å². The molecular weight excluding hydrogens is 227 g/mol. The first-order valence-corrected chi connectivity index (χ1v) is 5.06. The van der Waals surface area contributed by atoms with Crippen molar-refractivity contribution >= 4 is 14.0 Å². The van der Waals surface area contributed by atoms with E-state index >= 15 is 0 Å². The van der Waals surface area contributed by atoms with Crippen molar-refractivity contribution in [3.8, 4) is 5.75 Å². The first kappa shape index (κ1) is 13.4. The SMILES string of the molecule is O=C(O)O.O=P(O)(O)Oc1ccccc1. The summed E-state index contributed by atoms with van der Waals surface area (Å²) >= 11 is 0. The molecule has 4 N–H and O–H groups in total. The monoisotopic (exact) mass is 236 g/mol. The van der Waals surface area contributed by atoms with Crippen molar-refractivity contribution in [3.63, 3.8) is 0 Å². The molecule has 7 nitrogen and oxygen atoms in total. The molecule has 0 unspecified atom stereocenters. The van der Waals surface area contributed by atoms with Crippen LogP contribution in [-0.2, 0) is 4.57 Å². The van der Waals surface area contributed by atoms with E-state index in [0.717, 1.165) is 0 Å². The average Bonchev–Trinajstić information content (AvgIpc) is 2.01. The Labute approximate surface area is 84.8 Å². The van der Waals surface area contributed by atoms with Crippen molar-refractivity contribution in [1.82, 2.24) is 0 Å². The lowest BCUT2D eigenvalue weighted by atomic mass is 10.3. The molecule has 1 aromatic carbocycles. The van der Waals surface area contributed by atoms with E-state index < -0.39 is 14.0 Å². The lowest BCUT2D eigenvalue weighted by molar-refractivity contribution is 0.137. The van der Waals surface area contributed by atoms with Gasteiger partial charge in [-0.05, 0) is 12.1 Å². The number of hydrogen-bond acceptors (Lipinski definition) is 3. The molecule has 15 heavy (non-hydrogen) atoms. The molecule has 1 aromatic rings. The number of phosphoric acid groups is 1. The lowest BCUT2D eigenvalue weighted by Gasteiger charge is -2.04. The predicted molar refractivity (Wildman–Crippen MR) is 49.8 cm³/mol. The molecule has 0 saturated carbocycles. The van der Waals surface area contributed by atoms with Gasteiger partial charge in [0.1, 0.15) is 5.75 Å². The van der Waals surface area contributed by atoms with Crippen LogP contribution in [0.1, 0.15) is 0 Å². The van der Waals surface area contributed by atoms with Crippen LogP contribution in [-0.4, -0.2) is 26.2 Å². The van der Waals surface area contributed by atoms with Gasteiger partial charge >= 0.3 is 14.0 Å². The molecule has 84 valence electrons. The maximum atomic E-state index is 10.3. The predicted octanol–water partition coefficient (Wildman–Crippen LogP) is 1.38. The third-order valence-corrected chi connectivity index (χ3v) is 1.42. The molecule has 0 aromatic heterocycles. The Balaban J connectivity index is 0.000000423. The van der Waals surface area contributed by atoms with Crippen LogP contribution in [0.25, 0.3) is 0 Å². The maximum absolute atomic E-state index is 10.3. The van der Waals surface area contributed by atoms with Crippen molar-refractivity contribution in [2.75, 3.05) is 0 Å². The Bertz CT molecular complexity index is 340. The molecule has 0 radical (unpaired) electrons. The minimum Gasteiger partial charge on any atom is -0.450 e. The van der Waals surface area contributed by atoms with Gasteiger partial charge in [0.25, 0.3) is 0 Å². The van der Waals surface area contributed by atoms with Gasteiger partial charge in [-0.3, -0.25) is 9.79 Å². The highest BCUT2D eigenvalue weighted by Gasteiger charge is 2.14. The van der Waals surface area contributed by atoms with Gasteiger partial charge in [0.05, 0.1) is 0 Å². The standard InChI is InChI=1S/C6H7O4P.CH2O3/c7-11(8,9)10-6-4-2-1-3-5-6;2-1(3)4/h1-5H,(H2,7,8,9);(H2,2,3,4). The first-order valence-electron chi connectivity index (χ1n) is 3.53. The second kappa shape index (κ2) is 6.02. The number of benzene rings is 1. The van der Waals surface area contributed by atoms with Crippen molar-refractivity contribution < 1.29 is 33.9 Å². The van der Waals surface area contributed by atoms with E-state index in [9.17, 15) is 4.57 Å². The molecule has 0 aliphatic carbocycles. The van der Waals surface area contributed by atoms with E-state index in [2.05, 4.69) is 4.52 Å². The van der Waals surface area contributed by atoms with E-state index in [0.29, 0.717) is 0 Å². The highest BCUT2D eigenvalue weighted by Crippen LogP contribution is 2.36. The molecule has 0 heterocycles. The summed E-state index contributed by atoms with van der Waals surface area (Å²) in [5.74, 6) is 0.167. The third-order valence-electron chi connectivity index (χ3n) is 0.968. The van der Waals surface area contributed by atoms with Gasteiger partial charge in [-0.15, -0.1) is 0 Å². The third kappa shape index (κ3) is 10.4. The number of carboxylic acid groups (broad SMARTS) is 2. The number of hydrogen-bond donors (Lipinski definition) is 4. The largest absolute Gasteiger partial charge is 0.524 e. The molecule has 0 bridgehead atoms. The normalized spacial score (nSPS) is 9.73. The molecular formula is C7H9O7P. The Morgan fingerprint density at radius 2 is 1.53 bits per heavy atom. The summed E-state index contributed by atoms with van der Waals surface area (Å²) in [5, 5.41) is 13.9. The van der Waals surface area contributed by atoms with Crippen LogP contribution in [0, 0.1) is 0 Å². The fraction of sp³-hybridized carbons (Fsp3) is 0. The van der Waals surface area contributed by atoms with E-state index in [1.165, 1.54) is 12.1 Å². The van der Waals surface area contributed by atoms with Gasteiger partial charge < -0.3 is 14.7 Å². The van der Waals surface area contributed by atoms with E-state index in [1.807, 2.05) is 0 Å². The molecule has 0 saturated heterocycles. The lowest BCUT2D eigenvalue weighted by Crippen LogP contribution is -1.88. The minimum absolute atomic E-state index is 0.167. The summed E-state index contributed by atoms with van der Waals surface area (Å²) in [6.07, 6.45) is -1.83. The number of para-hydroxylation sites is 1. The molecule has 0 fully saturated rings. The van der Waals surface area contributed by atoms with Gasteiger partial charge in [0.15, 0.2) is 0 Å². The summed E-state index contributed by atoms with van der Waals surface area (Å²) in [5.41, 5.74) is 0. The summed E-state index contributed by atoms with van der Waals surface area (Å²) in [6.45, 7) is 0. The summed E-state index contributed by atoms with van der Waals surface area (Å²) in [6, 6.07) is 7.93. The second-order valence-corrected chi connectivity index (χ2v) is 3.34. The highest BCUT2D eigenvalue weighted by atomic mass is 31.2. The number of phosphoric ester groups is 1. The zero-order chi connectivity index (χ0) is 11.9. The van der Waals surface area contributed by atoms with Crippen LogP contribution < -0.4 is 4.52 Å². The maximum Gasteiger partial charge on any atom is 0.524 e. The van der Waals surface area contributed by atoms with Crippen LogP contribution in [0.4, 0.5) is 4.79 Å². The van der Waals surface area contributed by atoms with Crippen LogP contribution in [0.3, 0.4) is 0 Å². The summed E-state index contributed by atoms with van der Waals surface area (Å²) in [7, 11) is -4.39. The van der Waals surface area contributed by atoms with E-state index in [-0.39, 0.29) is 5.75 Å². The molecule has 0 aliphatic rings. The smallest absolute Gasteiger partial charge is 0.450 e. The molecule has 1 rings (SSSR count). The van der Waals surface area contributed by atoms with Gasteiger partial charge in [-0.2, -0.15) is 0 Å². The Hall–Kier alpha value is -1.56. The number of rotatable bonds is 2. The summed E-state index contributed by atoms with van der Waals surface area (Å²) in [4.78, 5) is 25.3. The Morgan fingerprint density at radius 3 is 1.87 bits per heavy atom. The zero-order valence-electron chi connectivity index (χ0n) is 7.35. The van der Waals surface area contributed by atoms with Crippen molar-refractivity contribution in [2.45, 2.75) is 0 Å². The second-order valence-electron chi connectivity index (χ2n) is 2.18. The summed E-state index contributed by atoms with van der Waals surface area (Å²) < 4.78 is 14.5. The first-order chi connectivity index (χ1) is 6.81. The van der Waals surface area contributed by atoms with Crippen molar-refractivity contribution in [2.24, 2.45) is 0 Å². The Morgan fingerprint density at radius 1 is 1.13 bits per heavy atom. The topological polar surface area (TPSA) is 124 Å². The van der Waals surface area contributed by atoms with E-state index in [4.69, 9.17) is 24.8 Å². The minimum atomic E-state index is -4.39. The van der Waals surface area contributed by atoms with Gasteiger partial charge in [-0.25, -0.2) is 9.36 Å². The molecule has 0 spiro atoms. The van der Waals surface area contributed by atoms with Crippen LogP contribution in [0.2, 0.25) is 0 Å². The fourth-order valence-electron chi connectivity index (χ4n) is 0.619. The zero-order valence-corrected chi connectivity index (χ0v) is 8.24. The van der Waals surface area contributed by atoms with Crippen LogP contribution >= 0.6 is 7.82 Å². The molecule has 0 amide bonds. The quantitative estimate of drug-likeness (QED) is 0.571. The van der Waals surface area contributed by atoms with Crippen LogP contribution in [0.15, 0.2) is 30.3 Å². The fourth-order valence-corrected chi connectivity index (χ4v) is 1.02.